The molecule has 0 radical (unpaired) electrons. The van der Waals surface area contributed by atoms with Gasteiger partial charge in [0.2, 0.25) is 0 Å². The van der Waals surface area contributed by atoms with Crippen molar-refractivity contribution in [1.82, 2.24) is 4.90 Å². The highest BCUT2D eigenvalue weighted by atomic mass is 16.7. The predicted octanol–water partition coefficient (Wildman–Crippen LogP) is 1.85. The Morgan fingerprint density at radius 3 is 2.75 bits per heavy atom. The van der Waals surface area contributed by atoms with Crippen LogP contribution in [-0.2, 0) is 4.84 Å². The van der Waals surface area contributed by atoms with Gasteiger partial charge in [0.1, 0.15) is 6.23 Å². The van der Waals surface area contributed by atoms with Crippen molar-refractivity contribution in [3.63, 3.8) is 0 Å². The SMILES string of the molecule is CC(ONc1cccc([N+](=O)[O-])c1)N(C)C. The van der Waals surface area contributed by atoms with Crippen LogP contribution in [0, 0.1) is 10.1 Å². The second-order valence-electron chi connectivity index (χ2n) is 3.59. The average molecular weight is 225 g/mol. The third-order valence-electron chi connectivity index (χ3n) is 2.13. The molecule has 0 aliphatic carbocycles. The van der Waals surface area contributed by atoms with E-state index in [2.05, 4.69) is 5.48 Å². The second kappa shape index (κ2) is 5.43. The Kier molecular flexibility index (Phi) is 4.21. The highest BCUT2D eigenvalue weighted by molar-refractivity contribution is 5.49. The monoisotopic (exact) mass is 225 g/mol. The van der Waals surface area contributed by atoms with E-state index in [1.54, 1.807) is 12.1 Å². The van der Waals surface area contributed by atoms with Crippen LogP contribution in [0.4, 0.5) is 11.4 Å². The number of nitrogens with zero attached hydrogens (tertiary/aromatic N) is 2. The molecule has 0 spiro atoms. The molecule has 0 amide bonds. The van der Waals surface area contributed by atoms with E-state index in [0.717, 1.165) is 0 Å². The maximum Gasteiger partial charge on any atom is 0.271 e. The molecule has 1 aromatic carbocycles. The molecular formula is C10H15N3O3. The number of nitrogens with one attached hydrogen (secondary N) is 1. The van der Waals surface area contributed by atoms with E-state index >= 15 is 0 Å². The average Bonchev–Trinajstić information content (AvgIpc) is 2.26. The van der Waals surface area contributed by atoms with E-state index in [9.17, 15) is 10.1 Å². The summed E-state index contributed by atoms with van der Waals surface area (Å²) < 4.78 is 0. The number of nitro benzene ring substituents is 1. The second-order valence-corrected chi connectivity index (χ2v) is 3.59. The maximum atomic E-state index is 10.5. The Balaban J connectivity index is 2.61. The molecule has 88 valence electrons. The number of benzene rings is 1. The first kappa shape index (κ1) is 12.4. The Bertz CT molecular complexity index is 368. The van der Waals surface area contributed by atoms with Crippen molar-refractivity contribution in [1.29, 1.82) is 0 Å². The quantitative estimate of drug-likeness (QED) is 0.470. The molecule has 0 heterocycles. The highest BCUT2D eigenvalue weighted by Gasteiger charge is 2.07. The zero-order valence-electron chi connectivity index (χ0n) is 9.51. The fourth-order valence-corrected chi connectivity index (χ4v) is 0.942. The molecule has 1 atom stereocenters. The fourth-order valence-electron chi connectivity index (χ4n) is 0.942. The van der Waals surface area contributed by atoms with Crippen molar-refractivity contribution in [3.05, 3.63) is 34.4 Å². The van der Waals surface area contributed by atoms with Crippen LogP contribution >= 0.6 is 0 Å². The topological polar surface area (TPSA) is 67.6 Å². The number of non-ortho nitro benzene ring substituents is 1. The number of hydrogen-bond acceptors (Lipinski definition) is 5. The van der Waals surface area contributed by atoms with Crippen molar-refractivity contribution in [2.75, 3.05) is 19.6 Å². The molecule has 0 aromatic heterocycles. The Morgan fingerprint density at radius 2 is 2.19 bits per heavy atom. The summed E-state index contributed by atoms with van der Waals surface area (Å²) in [5.41, 5.74) is 3.27. The van der Waals surface area contributed by atoms with Gasteiger partial charge in [-0.1, -0.05) is 6.07 Å². The van der Waals surface area contributed by atoms with Gasteiger partial charge >= 0.3 is 0 Å². The molecule has 6 heteroatoms. The Hall–Kier alpha value is -1.66. The van der Waals surface area contributed by atoms with E-state index in [4.69, 9.17) is 4.84 Å². The molecule has 0 bridgehead atoms. The first-order valence-corrected chi connectivity index (χ1v) is 4.83. The van der Waals surface area contributed by atoms with Gasteiger partial charge in [-0.2, -0.15) is 0 Å². The molecule has 16 heavy (non-hydrogen) atoms. The zero-order chi connectivity index (χ0) is 12.1. The van der Waals surface area contributed by atoms with Gasteiger partial charge in [0, 0.05) is 12.1 Å². The van der Waals surface area contributed by atoms with Gasteiger partial charge < -0.3 is 0 Å². The summed E-state index contributed by atoms with van der Waals surface area (Å²) in [6.07, 6.45) is -0.126. The van der Waals surface area contributed by atoms with Crippen molar-refractivity contribution >= 4 is 11.4 Å². The standard InChI is InChI=1S/C10H15N3O3/c1-8(12(2)3)16-11-9-5-4-6-10(7-9)13(14)15/h4-8,11H,1-3H3. The lowest BCUT2D eigenvalue weighted by molar-refractivity contribution is -0.384. The summed E-state index contributed by atoms with van der Waals surface area (Å²) >= 11 is 0. The van der Waals surface area contributed by atoms with E-state index in [0.29, 0.717) is 5.69 Å². The van der Waals surface area contributed by atoms with Gasteiger partial charge in [0.25, 0.3) is 5.69 Å². The Labute approximate surface area is 93.9 Å². The lowest BCUT2D eigenvalue weighted by Gasteiger charge is -2.20. The van der Waals surface area contributed by atoms with Gasteiger partial charge in [-0.15, -0.1) is 0 Å². The molecule has 1 unspecified atom stereocenters. The normalized spacial score (nSPS) is 12.5. The molecular weight excluding hydrogens is 210 g/mol. The number of hydrogen-bond donors (Lipinski definition) is 1. The minimum absolute atomic E-state index is 0.0334. The molecule has 0 saturated heterocycles. The first-order valence-electron chi connectivity index (χ1n) is 4.83. The first-order chi connectivity index (χ1) is 7.50. The van der Waals surface area contributed by atoms with Crippen molar-refractivity contribution in [2.45, 2.75) is 13.2 Å². The molecule has 0 aliphatic rings. The molecule has 6 nitrogen and oxygen atoms in total. The lowest BCUT2D eigenvalue weighted by atomic mass is 10.3. The van der Waals surface area contributed by atoms with Gasteiger partial charge in [-0.25, -0.2) is 0 Å². The number of anilines is 1. The molecule has 1 rings (SSSR count). The summed E-state index contributed by atoms with van der Waals surface area (Å²) in [6, 6.07) is 6.16. The highest BCUT2D eigenvalue weighted by Crippen LogP contribution is 2.17. The summed E-state index contributed by atoms with van der Waals surface area (Å²) in [4.78, 5) is 17.2. The van der Waals surface area contributed by atoms with Crippen LogP contribution in [0.1, 0.15) is 6.92 Å². The van der Waals surface area contributed by atoms with Crippen LogP contribution in [0.15, 0.2) is 24.3 Å². The van der Waals surface area contributed by atoms with Gasteiger partial charge in [0.15, 0.2) is 0 Å². The minimum atomic E-state index is -0.444. The summed E-state index contributed by atoms with van der Waals surface area (Å²) in [5, 5.41) is 10.5. The van der Waals surface area contributed by atoms with Crippen molar-refractivity contribution < 1.29 is 9.76 Å². The molecule has 0 saturated carbocycles. The van der Waals surface area contributed by atoms with E-state index in [1.807, 2.05) is 25.9 Å². The van der Waals surface area contributed by atoms with Crippen LogP contribution in [0.25, 0.3) is 0 Å². The zero-order valence-corrected chi connectivity index (χ0v) is 9.51. The van der Waals surface area contributed by atoms with Crippen LogP contribution in [0.3, 0.4) is 0 Å². The lowest BCUT2D eigenvalue weighted by Crippen LogP contribution is -2.29. The van der Waals surface area contributed by atoms with Gasteiger partial charge in [-0.3, -0.25) is 25.3 Å². The molecule has 0 fully saturated rings. The van der Waals surface area contributed by atoms with Crippen molar-refractivity contribution in [3.8, 4) is 0 Å². The number of rotatable bonds is 5. The van der Waals surface area contributed by atoms with E-state index in [1.165, 1.54) is 12.1 Å². The third-order valence-corrected chi connectivity index (χ3v) is 2.13. The Morgan fingerprint density at radius 1 is 1.50 bits per heavy atom. The molecule has 1 aromatic rings. The maximum absolute atomic E-state index is 10.5. The summed E-state index contributed by atoms with van der Waals surface area (Å²) in [7, 11) is 3.75. The summed E-state index contributed by atoms with van der Waals surface area (Å²) in [6.45, 7) is 1.87. The molecule has 1 N–H and O–H groups in total. The number of nitro groups is 1. The van der Waals surface area contributed by atoms with Crippen LogP contribution in [0.5, 0.6) is 0 Å². The van der Waals surface area contributed by atoms with Gasteiger partial charge in [-0.05, 0) is 27.1 Å². The third kappa shape index (κ3) is 3.48. The van der Waals surface area contributed by atoms with Crippen LogP contribution in [-0.4, -0.2) is 30.1 Å². The van der Waals surface area contributed by atoms with Gasteiger partial charge in [0.05, 0.1) is 10.6 Å². The predicted molar refractivity (Wildman–Crippen MR) is 61.0 cm³/mol. The fraction of sp³-hybridized carbons (Fsp3) is 0.400. The van der Waals surface area contributed by atoms with Crippen LogP contribution < -0.4 is 5.48 Å². The van der Waals surface area contributed by atoms with E-state index in [-0.39, 0.29) is 11.9 Å². The molecule has 0 aliphatic heterocycles. The minimum Gasteiger partial charge on any atom is -0.283 e. The largest absolute Gasteiger partial charge is 0.283 e. The smallest absolute Gasteiger partial charge is 0.271 e. The van der Waals surface area contributed by atoms with E-state index < -0.39 is 4.92 Å². The van der Waals surface area contributed by atoms with Crippen LogP contribution in [0.2, 0.25) is 0 Å². The van der Waals surface area contributed by atoms with Crippen molar-refractivity contribution in [2.24, 2.45) is 0 Å². The summed E-state index contributed by atoms with van der Waals surface area (Å²) in [5.74, 6) is 0.